The van der Waals surface area contributed by atoms with Crippen molar-refractivity contribution in [1.29, 1.82) is 0 Å². The van der Waals surface area contributed by atoms with Crippen molar-refractivity contribution >= 4 is 28.9 Å². The number of hydrogen-bond donors (Lipinski definition) is 1. The molecule has 0 spiro atoms. The number of anilines is 1. The highest BCUT2D eigenvalue weighted by Gasteiger charge is 2.32. The van der Waals surface area contributed by atoms with Gasteiger partial charge in [0.05, 0.1) is 15.7 Å². The predicted octanol–water partition coefficient (Wildman–Crippen LogP) is 4.75. The minimum Gasteiger partial charge on any atom is -0.485 e. The lowest BCUT2D eigenvalue weighted by Gasteiger charge is -2.18. The predicted molar refractivity (Wildman–Crippen MR) is 76.7 cm³/mol. The van der Waals surface area contributed by atoms with Crippen molar-refractivity contribution in [3.63, 3.8) is 0 Å². The van der Waals surface area contributed by atoms with Gasteiger partial charge in [-0.25, -0.2) is 0 Å². The summed E-state index contributed by atoms with van der Waals surface area (Å²) in [4.78, 5) is 0. The van der Waals surface area contributed by atoms with Crippen LogP contribution < -0.4 is 10.5 Å². The third kappa shape index (κ3) is 3.32. The number of halogens is 4. The van der Waals surface area contributed by atoms with Crippen LogP contribution in [0.1, 0.15) is 5.56 Å². The van der Waals surface area contributed by atoms with Gasteiger partial charge in [0, 0.05) is 11.6 Å². The molecular formula is C14H11Cl2F2NO. The second-order valence-electron chi connectivity index (χ2n) is 4.16. The van der Waals surface area contributed by atoms with Gasteiger partial charge in [0.25, 0.3) is 0 Å². The van der Waals surface area contributed by atoms with Crippen LogP contribution in [-0.2, 0) is 5.92 Å². The van der Waals surface area contributed by atoms with Gasteiger partial charge in [-0.05, 0) is 6.07 Å². The van der Waals surface area contributed by atoms with Crippen LogP contribution in [0.4, 0.5) is 14.5 Å². The summed E-state index contributed by atoms with van der Waals surface area (Å²) in [5.41, 5.74) is 5.67. The molecule has 0 bridgehead atoms. The van der Waals surface area contributed by atoms with E-state index in [1.165, 1.54) is 36.4 Å². The fourth-order valence-electron chi connectivity index (χ4n) is 1.60. The Kier molecular flexibility index (Phi) is 4.35. The Morgan fingerprint density at radius 2 is 1.65 bits per heavy atom. The minimum absolute atomic E-state index is 0.0787. The standard InChI is InChI=1S/C14H11Cl2F2NO/c15-10-6-12(19)13(7-11(10)16)20-8-14(17,18)9-4-2-1-3-5-9/h1-7H,8,19H2. The molecule has 0 aliphatic rings. The fourth-order valence-corrected chi connectivity index (χ4v) is 1.93. The zero-order valence-corrected chi connectivity index (χ0v) is 11.8. The molecule has 2 rings (SSSR count). The van der Waals surface area contributed by atoms with Crippen LogP contribution in [-0.4, -0.2) is 6.61 Å². The number of nitrogens with two attached hydrogens (primary N) is 1. The SMILES string of the molecule is Nc1cc(Cl)c(Cl)cc1OCC(F)(F)c1ccccc1. The van der Waals surface area contributed by atoms with Crippen molar-refractivity contribution in [2.24, 2.45) is 0 Å². The summed E-state index contributed by atoms with van der Waals surface area (Å²) in [5, 5.41) is 0.435. The molecule has 0 saturated carbocycles. The quantitative estimate of drug-likeness (QED) is 0.826. The Balaban J connectivity index is 2.14. The fraction of sp³-hybridized carbons (Fsp3) is 0.143. The zero-order chi connectivity index (χ0) is 14.8. The molecule has 0 heterocycles. The Hall–Kier alpha value is -1.52. The van der Waals surface area contributed by atoms with E-state index >= 15 is 0 Å². The Bertz CT molecular complexity index is 606. The summed E-state index contributed by atoms with van der Waals surface area (Å²) in [6.07, 6.45) is 0. The first-order chi connectivity index (χ1) is 9.40. The van der Waals surface area contributed by atoms with Gasteiger partial charge in [-0.1, -0.05) is 53.5 Å². The van der Waals surface area contributed by atoms with Crippen LogP contribution in [0.25, 0.3) is 0 Å². The van der Waals surface area contributed by atoms with Gasteiger partial charge in [-0.15, -0.1) is 0 Å². The molecule has 2 aromatic rings. The molecule has 2 aromatic carbocycles. The van der Waals surface area contributed by atoms with Crippen LogP contribution in [0.2, 0.25) is 10.0 Å². The summed E-state index contributed by atoms with van der Waals surface area (Å²) >= 11 is 11.6. The van der Waals surface area contributed by atoms with Gasteiger partial charge in [0.2, 0.25) is 0 Å². The van der Waals surface area contributed by atoms with E-state index in [1.807, 2.05) is 0 Å². The number of ether oxygens (including phenoxy) is 1. The normalized spacial score (nSPS) is 11.4. The molecule has 2 N–H and O–H groups in total. The average molecular weight is 318 g/mol. The van der Waals surface area contributed by atoms with Crippen molar-refractivity contribution < 1.29 is 13.5 Å². The van der Waals surface area contributed by atoms with E-state index in [9.17, 15) is 8.78 Å². The molecule has 0 amide bonds. The van der Waals surface area contributed by atoms with E-state index in [1.54, 1.807) is 6.07 Å². The molecule has 0 saturated heterocycles. The Labute approximate surface area is 125 Å². The maximum absolute atomic E-state index is 13.9. The van der Waals surface area contributed by atoms with Crippen molar-refractivity contribution in [1.82, 2.24) is 0 Å². The number of rotatable bonds is 4. The second-order valence-corrected chi connectivity index (χ2v) is 4.98. The van der Waals surface area contributed by atoms with E-state index in [0.717, 1.165) is 0 Å². The van der Waals surface area contributed by atoms with Crippen LogP contribution in [0, 0.1) is 0 Å². The molecule has 2 nitrogen and oxygen atoms in total. The highest BCUT2D eigenvalue weighted by atomic mass is 35.5. The number of alkyl halides is 2. The molecule has 0 aromatic heterocycles. The van der Waals surface area contributed by atoms with Crippen molar-refractivity contribution in [2.45, 2.75) is 5.92 Å². The zero-order valence-electron chi connectivity index (χ0n) is 10.2. The summed E-state index contributed by atoms with van der Waals surface area (Å²) in [7, 11) is 0. The largest absolute Gasteiger partial charge is 0.485 e. The Morgan fingerprint density at radius 1 is 1.05 bits per heavy atom. The van der Waals surface area contributed by atoms with E-state index in [4.69, 9.17) is 33.7 Å². The van der Waals surface area contributed by atoms with Gasteiger partial charge in [-0.2, -0.15) is 8.78 Å². The first-order valence-electron chi connectivity index (χ1n) is 5.71. The summed E-state index contributed by atoms with van der Waals surface area (Å²) in [6.45, 7) is -0.834. The molecule has 0 aliphatic carbocycles. The molecule has 20 heavy (non-hydrogen) atoms. The van der Waals surface area contributed by atoms with Gasteiger partial charge >= 0.3 is 5.92 Å². The molecule has 6 heteroatoms. The average Bonchev–Trinajstić information content (AvgIpc) is 2.42. The number of nitrogen functional groups attached to an aromatic ring is 1. The molecule has 0 unspecified atom stereocenters. The topological polar surface area (TPSA) is 35.2 Å². The monoisotopic (exact) mass is 317 g/mol. The molecular weight excluding hydrogens is 307 g/mol. The summed E-state index contributed by atoms with van der Waals surface area (Å²) in [6, 6.07) is 10.1. The second kappa shape index (κ2) is 5.85. The van der Waals surface area contributed by atoms with Crippen LogP contribution in [0.5, 0.6) is 5.75 Å². The van der Waals surface area contributed by atoms with Gasteiger partial charge in [0.15, 0.2) is 6.61 Å². The van der Waals surface area contributed by atoms with Gasteiger partial charge in [0.1, 0.15) is 5.75 Å². The number of hydrogen-bond acceptors (Lipinski definition) is 2. The third-order valence-electron chi connectivity index (χ3n) is 2.66. The van der Waals surface area contributed by atoms with Crippen LogP contribution in [0.15, 0.2) is 42.5 Å². The van der Waals surface area contributed by atoms with E-state index in [0.29, 0.717) is 0 Å². The molecule has 0 fully saturated rings. The maximum Gasteiger partial charge on any atom is 0.306 e. The Morgan fingerprint density at radius 3 is 2.30 bits per heavy atom. The first kappa shape index (κ1) is 14.9. The first-order valence-corrected chi connectivity index (χ1v) is 6.46. The number of benzene rings is 2. The minimum atomic E-state index is -3.13. The van der Waals surface area contributed by atoms with Gasteiger partial charge in [-0.3, -0.25) is 0 Å². The smallest absolute Gasteiger partial charge is 0.306 e. The van der Waals surface area contributed by atoms with Crippen molar-refractivity contribution in [2.75, 3.05) is 12.3 Å². The van der Waals surface area contributed by atoms with E-state index in [-0.39, 0.29) is 27.0 Å². The van der Waals surface area contributed by atoms with Crippen molar-refractivity contribution in [3.05, 3.63) is 58.1 Å². The van der Waals surface area contributed by atoms with Crippen LogP contribution >= 0.6 is 23.2 Å². The lowest BCUT2D eigenvalue weighted by atomic mass is 10.1. The van der Waals surface area contributed by atoms with Crippen LogP contribution in [0.3, 0.4) is 0 Å². The van der Waals surface area contributed by atoms with E-state index in [2.05, 4.69) is 0 Å². The highest BCUT2D eigenvalue weighted by molar-refractivity contribution is 6.42. The molecule has 0 aliphatic heterocycles. The molecule has 0 radical (unpaired) electrons. The maximum atomic E-state index is 13.9. The van der Waals surface area contributed by atoms with Crippen molar-refractivity contribution in [3.8, 4) is 5.75 Å². The molecule has 106 valence electrons. The molecule has 0 atom stereocenters. The lowest BCUT2D eigenvalue weighted by molar-refractivity contribution is -0.0465. The third-order valence-corrected chi connectivity index (χ3v) is 3.38. The van der Waals surface area contributed by atoms with E-state index < -0.39 is 12.5 Å². The van der Waals surface area contributed by atoms with Gasteiger partial charge < -0.3 is 10.5 Å². The highest BCUT2D eigenvalue weighted by Crippen LogP contribution is 2.34. The summed E-state index contributed by atoms with van der Waals surface area (Å²) in [5.74, 6) is -3.05. The lowest BCUT2D eigenvalue weighted by Crippen LogP contribution is -2.23. The summed E-state index contributed by atoms with van der Waals surface area (Å²) < 4.78 is 32.9.